The summed E-state index contributed by atoms with van der Waals surface area (Å²) in [5.41, 5.74) is 5.96. The summed E-state index contributed by atoms with van der Waals surface area (Å²) in [5.74, 6) is 0.0658. The number of H-pyrrole nitrogens is 1. The first kappa shape index (κ1) is 19.6. The van der Waals surface area contributed by atoms with Crippen LogP contribution in [0.15, 0.2) is 34.3 Å². The lowest BCUT2D eigenvalue weighted by molar-refractivity contribution is -0.113. The fraction of sp³-hybridized carbons (Fsp3) is 0.438. The van der Waals surface area contributed by atoms with Gasteiger partial charge in [-0.3, -0.25) is 4.79 Å². The molecule has 3 rings (SSSR count). The Labute approximate surface area is 162 Å². The zero-order valence-corrected chi connectivity index (χ0v) is 16.4. The number of hydrogen-bond donors (Lipinski definition) is 3. The van der Waals surface area contributed by atoms with E-state index in [1.54, 1.807) is 16.4 Å². The fourth-order valence-electron chi connectivity index (χ4n) is 2.79. The third-order valence-corrected chi connectivity index (χ3v) is 6.92. The third kappa shape index (κ3) is 5.21. The molecule has 1 aromatic carbocycles. The summed E-state index contributed by atoms with van der Waals surface area (Å²) in [4.78, 5) is 16.2. The monoisotopic (exact) mass is 410 g/mol. The van der Waals surface area contributed by atoms with Gasteiger partial charge < -0.3 is 11.1 Å². The smallest absolute Gasteiger partial charge is 0.243 e. The Bertz CT molecular complexity index is 874. The van der Waals surface area contributed by atoms with Gasteiger partial charge in [-0.15, -0.1) is 5.10 Å². The largest absolute Gasteiger partial charge is 0.368 e. The van der Waals surface area contributed by atoms with E-state index in [-0.39, 0.29) is 22.5 Å². The number of sulfonamides is 1. The standard InChI is InChI=1S/C16H22N6O3S2/c17-15-19-16(21-20-15)26-11-14(23)18-12-5-7-13(8-6-12)27(24,25)22-9-3-1-2-4-10-22/h5-8H,1-4,9-11H2,(H,18,23)(H3,17,19,20,21). The third-order valence-electron chi connectivity index (χ3n) is 4.16. The topological polar surface area (TPSA) is 134 Å². The molecule has 27 heavy (non-hydrogen) atoms. The van der Waals surface area contributed by atoms with Gasteiger partial charge in [0.15, 0.2) is 0 Å². The number of nitrogen functional groups attached to an aromatic ring is 1. The molecule has 2 aromatic rings. The number of thioether (sulfide) groups is 1. The van der Waals surface area contributed by atoms with Crippen LogP contribution in [-0.4, -0.2) is 52.7 Å². The lowest BCUT2D eigenvalue weighted by Crippen LogP contribution is -2.31. The fourth-order valence-corrected chi connectivity index (χ4v) is 4.91. The number of carbonyl (C=O) groups excluding carboxylic acids is 1. The average Bonchev–Trinajstić information content (AvgIpc) is 2.89. The maximum absolute atomic E-state index is 12.7. The van der Waals surface area contributed by atoms with Crippen LogP contribution < -0.4 is 11.1 Å². The zero-order chi connectivity index (χ0) is 19.3. The first-order chi connectivity index (χ1) is 12.9. The maximum atomic E-state index is 12.7. The summed E-state index contributed by atoms with van der Waals surface area (Å²) in [6, 6.07) is 6.24. The molecule has 9 nitrogen and oxygen atoms in total. The van der Waals surface area contributed by atoms with Crippen molar-refractivity contribution in [3.8, 4) is 0 Å². The van der Waals surface area contributed by atoms with Gasteiger partial charge in [-0.25, -0.2) is 13.5 Å². The van der Waals surface area contributed by atoms with Crippen LogP contribution in [0.4, 0.5) is 11.6 Å². The quantitative estimate of drug-likeness (QED) is 0.617. The van der Waals surface area contributed by atoms with Crippen molar-refractivity contribution in [1.82, 2.24) is 19.5 Å². The van der Waals surface area contributed by atoms with E-state index in [9.17, 15) is 13.2 Å². The number of aromatic nitrogens is 3. The first-order valence-corrected chi connectivity index (χ1v) is 11.1. The second-order valence-electron chi connectivity index (χ2n) is 6.18. The average molecular weight is 411 g/mol. The molecule has 0 saturated carbocycles. The van der Waals surface area contributed by atoms with Gasteiger partial charge >= 0.3 is 0 Å². The van der Waals surface area contributed by atoms with Crippen LogP contribution in [-0.2, 0) is 14.8 Å². The number of aromatic amines is 1. The molecule has 1 aliphatic rings. The number of amides is 1. The number of nitrogens with one attached hydrogen (secondary N) is 2. The Hall–Kier alpha value is -2.11. The number of benzene rings is 1. The molecular formula is C16H22N6O3S2. The van der Waals surface area contributed by atoms with Crippen molar-refractivity contribution >= 4 is 39.3 Å². The summed E-state index contributed by atoms with van der Waals surface area (Å²) in [6.07, 6.45) is 3.91. The highest BCUT2D eigenvalue weighted by Gasteiger charge is 2.24. The second-order valence-corrected chi connectivity index (χ2v) is 9.06. The molecule has 0 radical (unpaired) electrons. The van der Waals surface area contributed by atoms with Gasteiger partial charge in [-0.05, 0) is 37.1 Å². The highest BCUT2D eigenvalue weighted by molar-refractivity contribution is 7.99. The SMILES string of the molecule is Nc1nc(SCC(=O)Nc2ccc(S(=O)(=O)N3CCCCCC3)cc2)n[nH]1. The number of hydrogen-bond acceptors (Lipinski definition) is 7. The van der Waals surface area contributed by atoms with Crippen molar-refractivity contribution in [2.45, 2.75) is 35.7 Å². The van der Waals surface area contributed by atoms with Crippen molar-refractivity contribution in [2.75, 3.05) is 29.9 Å². The number of anilines is 2. The molecule has 0 aliphatic carbocycles. The molecule has 1 fully saturated rings. The van der Waals surface area contributed by atoms with Crippen LogP contribution in [0.1, 0.15) is 25.7 Å². The van der Waals surface area contributed by atoms with Crippen LogP contribution in [0.2, 0.25) is 0 Å². The van der Waals surface area contributed by atoms with E-state index in [2.05, 4.69) is 20.5 Å². The minimum atomic E-state index is -3.49. The zero-order valence-electron chi connectivity index (χ0n) is 14.7. The molecule has 0 spiro atoms. The van der Waals surface area contributed by atoms with E-state index in [1.165, 1.54) is 12.1 Å². The maximum Gasteiger partial charge on any atom is 0.243 e. The molecule has 2 heterocycles. The molecule has 1 saturated heterocycles. The van der Waals surface area contributed by atoms with E-state index in [0.717, 1.165) is 37.4 Å². The molecule has 4 N–H and O–H groups in total. The van der Waals surface area contributed by atoms with Gasteiger partial charge in [-0.2, -0.15) is 9.29 Å². The second kappa shape index (κ2) is 8.72. The summed E-state index contributed by atoms with van der Waals surface area (Å²) >= 11 is 1.15. The van der Waals surface area contributed by atoms with Gasteiger partial charge in [0, 0.05) is 18.8 Å². The molecule has 146 valence electrons. The van der Waals surface area contributed by atoms with Gasteiger partial charge in [0.2, 0.25) is 27.0 Å². The van der Waals surface area contributed by atoms with Crippen molar-refractivity contribution in [2.24, 2.45) is 0 Å². The van der Waals surface area contributed by atoms with Crippen LogP contribution in [0.3, 0.4) is 0 Å². The lowest BCUT2D eigenvalue weighted by Gasteiger charge is -2.20. The van der Waals surface area contributed by atoms with E-state index >= 15 is 0 Å². The van der Waals surface area contributed by atoms with E-state index in [0.29, 0.717) is 23.9 Å². The Morgan fingerprint density at radius 1 is 1.19 bits per heavy atom. The van der Waals surface area contributed by atoms with Gasteiger partial charge in [0.1, 0.15) is 0 Å². The van der Waals surface area contributed by atoms with Crippen molar-refractivity contribution in [3.63, 3.8) is 0 Å². The van der Waals surface area contributed by atoms with Crippen LogP contribution in [0.25, 0.3) is 0 Å². The van der Waals surface area contributed by atoms with Crippen molar-refractivity contribution in [3.05, 3.63) is 24.3 Å². The summed E-state index contributed by atoms with van der Waals surface area (Å²) in [7, 11) is -3.49. The van der Waals surface area contributed by atoms with E-state index in [1.807, 2.05) is 0 Å². The summed E-state index contributed by atoms with van der Waals surface area (Å²) in [5, 5.41) is 9.44. The van der Waals surface area contributed by atoms with Gasteiger partial charge in [-0.1, -0.05) is 24.6 Å². The Balaban J connectivity index is 1.58. The Morgan fingerprint density at radius 2 is 1.85 bits per heavy atom. The minimum absolute atomic E-state index is 0.116. The Kier molecular flexibility index (Phi) is 6.34. The van der Waals surface area contributed by atoms with Crippen LogP contribution in [0.5, 0.6) is 0 Å². The number of carbonyl (C=O) groups is 1. The van der Waals surface area contributed by atoms with Crippen LogP contribution in [0, 0.1) is 0 Å². The van der Waals surface area contributed by atoms with Crippen LogP contribution >= 0.6 is 11.8 Å². The highest BCUT2D eigenvalue weighted by atomic mass is 32.2. The van der Waals surface area contributed by atoms with Crippen molar-refractivity contribution < 1.29 is 13.2 Å². The van der Waals surface area contributed by atoms with Gasteiger partial charge in [0.05, 0.1) is 10.6 Å². The molecule has 0 unspecified atom stereocenters. The molecule has 1 amide bonds. The number of rotatable bonds is 6. The number of nitrogens with two attached hydrogens (primary N) is 1. The summed E-state index contributed by atoms with van der Waals surface area (Å²) in [6.45, 7) is 1.12. The molecule has 1 aliphatic heterocycles. The molecule has 0 bridgehead atoms. The Morgan fingerprint density at radius 3 is 2.44 bits per heavy atom. The molecule has 0 atom stereocenters. The van der Waals surface area contributed by atoms with E-state index < -0.39 is 10.0 Å². The summed E-state index contributed by atoms with van der Waals surface area (Å²) < 4.78 is 27.0. The highest BCUT2D eigenvalue weighted by Crippen LogP contribution is 2.22. The molecular weight excluding hydrogens is 388 g/mol. The predicted octanol–water partition coefficient (Wildman–Crippen LogP) is 1.68. The van der Waals surface area contributed by atoms with Gasteiger partial charge in [0.25, 0.3) is 0 Å². The minimum Gasteiger partial charge on any atom is -0.368 e. The lowest BCUT2D eigenvalue weighted by atomic mass is 10.2. The van der Waals surface area contributed by atoms with E-state index in [4.69, 9.17) is 5.73 Å². The number of nitrogens with zero attached hydrogens (tertiary/aromatic N) is 3. The molecule has 11 heteroatoms. The normalized spacial score (nSPS) is 16.0. The predicted molar refractivity (Wildman–Crippen MR) is 104 cm³/mol. The molecule has 1 aromatic heterocycles. The van der Waals surface area contributed by atoms with Crippen molar-refractivity contribution in [1.29, 1.82) is 0 Å². The first-order valence-electron chi connectivity index (χ1n) is 8.66.